The third-order valence-electron chi connectivity index (χ3n) is 5.72. The van der Waals surface area contributed by atoms with Gasteiger partial charge < -0.3 is 9.40 Å². The number of hydrogen-bond donors (Lipinski definition) is 0. The van der Waals surface area contributed by atoms with E-state index in [1.807, 2.05) is 19.1 Å². The van der Waals surface area contributed by atoms with Crippen LogP contribution in [0.2, 0.25) is 0 Å². The van der Waals surface area contributed by atoms with E-state index < -0.39 is 23.0 Å². The molecule has 5 nitrogen and oxygen atoms in total. The number of Topliss-reactive ketones (excluding diaryl/α,β-unsaturated/α-hetero) is 2. The van der Waals surface area contributed by atoms with E-state index in [-0.39, 0.29) is 23.5 Å². The summed E-state index contributed by atoms with van der Waals surface area (Å²) in [5.74, 6) is -2.10. The third-order valence-corrected chi connectivity index (χ3v) is 5.72. The Kier molecular flexibility index (Phi) is 5.28. The van der Waals surface area contributed by atoms with Gasteiger partial charge in [0, 0.05) is 35.9 Å². The molecular formula is C25H22F2N2O3. The fourth-order valence-electron chi connectivity index (χ4n) is 3.77. The number of hydrogen-bond acceptors (Lipinski definition) is 4. The second kappa shape index (κ2) is 7.82. The lowest BCUT2D eigenvalue weighted by molar-refractivity contribution is -0.128. The summed E-state index contributed by atoms with van der Waals surface area (Å²) in [4.78, 5) is 30.7. The SMILES string of the molecule is Cc1ccc(C2=NOC(C)(C)C2=O)cc1-c1ccc(C(=O)Cc2c(F)cccc2F)n1C. The molecule has 3 aromatic rings. The maximum atomic E-state index is 14.0. The van der Waals surface area contributed by atoms with Gasteiger partial charge in [-0.25, -0.2) is 8.78 Å². The second-order valence-corrected chi connectivity index (χ2v) is 8.36. The average molecular weight is 436 g/mol. The normalized spacial score (nSPS) is 14.9. The highest BCUT2D eigenvalue weighted by Gasteiger charge is 2.40. The lowest BCUT2D eigenvalue weighted by Gasteiger charge is -2.13. The molecule has 0 N–H and O–H groups in total. The van der Waals surface area contributed by atoms with Gasteiger partial charge in [0.05, 0.1) is 5.69 Å². The van der Waals surface area contributed by atoms with Crippen LogP contribution in [0.5, 0.6) is 0 Å². The van der Waals surface area contributed by atoms with E-state index in [1.54, 1.807) is 43.7 Å². The van der Waals surface area contributed by atoms with E-state index in [0.29, 0.717) is 11.3 Å². The standard InChI is InChI=1S/C25H22F2N2O3/c1-14-8-9-15(23-24(31)25(2,3)32-28-23)12-16(14)20-10-11-21(29(20)4)22(30)13-17-18(26)6-5-7-19(17)27/h5-12H,13H2,1-4H3. The quantitative estimate of drug-likeness (QED) is 0.541. The van der Waals surface area contributed by atoms with Gasteiger partial charge in [-0.2, -0.15) is 0 Å². The first-order valence-corrected chi connectivity index (χ1v) is 10.1. The highest BCUT2D eigenvalue weighted by Crippen LogP contribution is 2.30. The van der Waals surface area contributed by atoms with Crippen LogP contribution in [0, 0.1) is 18.6 Å². The number of rotatable bonds is 5. The minimum atomic E-state index is -1.01. The highest BCUT2D eigenvalue weighted by molar-refractivity contribution is 6.49. The van der Waals surface area contributed by atoms with Crippen LogP contribution in [-0.2, 0) is 23.1 Å². The Hall–Kier alpha value is -3.61. The molecular weight excluding hydrogens is 414 g/mol. The number of benzene rings is 2. The lowest BCUT2D eigenvalue weighted by atomic mass is 9.93. The third kappa shape index (κ3) is 3.64. The Morgan fingerprint density at radius 1 is 1.09 bits per heavy atom. The Morgan fingerprint density at radius 2 is 1.78 bits per heavy atom. The van der Waals surface area contributed by atoms with Gasteiger partial charge in [0.1, 0.15) is 11.6 Å². The molecule has 1 aliphatic rings. The van der Waals surface area contributed by atoms with Crippen molar-refractivity contribution in [1.29, 1.82) is 0 Å². The first kappa shape index (κ1) is 21.6. The zero-order valence-corrected chi connectivity index (χ0v) is 18.2. The van der Waals surface area contributed by atoms with Crippen molar-refractivity contribution in [2.45, 2.75) is 32.8 Å². The van der Waals surface area contributed by atoms with Crippen molar-refractivity contribution in [1.82, 2.24) is 4.57 Å². The molecule has 0 radical (unpaired) electrons. The summed E-state index contributed by atoms with van der Waals surface area (Å²) in [5, 5.41) is 3.96. The molecule has 0 bridgehead atoms. The van der Waals surface area contributed by atoms with E-state index in [1.165, 1.54) is 6.07 Å². The Balaban J connectivity index is 1.68. The van der Waals surface area contributed by atoms with Crippen molar-refractivity contribution < 1.29 is 23.2 Å². The molecule has 1 aliphatic heterocycles. The first-order chi connectivity index (χ1) is 15.1. The van der Waals surface area contributed by atoms with Gasteiger partial charge in [0.15, 0.2) is 17.1 Å². The van der Waals surface area contributed by atoms with Crippen LogP contribution < -0.4 is 0 Å². The maximum Gasteiger partial charge on any atom is 0.230 e. The van der Waals surface area contributed by atoms with Gasteiger partial charge in [0.2, 0.25) is 5.78 Å². The van der Waals surface area contributed by atoms with Crippen LogP contribution in [0.15, 0.2) is 53.7 Å². The second-order valence-electron chi connectivity index (χ2n) is 8.36. The predicted octanol–water partition coefficient (Wildman–Crippen LogP) is 4.79. The van der Waals surface area contributed by atoms with Gasteiger partial charge in [-0.15, -0.1) is 0 Å². The maximum absolute atomic E-state index is 14.0. The number of oxime groups is 1. The van der Waals surface area contributed by atoms with Gasteiger partial charge in [-0.05, 0) is 56.7 Å². The molecule has 0 atom stereocenters. The van der Waals surface area contributed by atoms with Gasteiger partial charge >= 0.3 is 0 Å². The fourth-order valence-corrected chi connectivity index (χ4v) is 3.77. The highest BCUT2D eigenvalue weighted by atomic mass is 19.1. The number of aryl methyl sites for hydroxylation is 1. The van der Waals surface area contributed by atoms with Crippen molar-refractivity contribution in [3.8, 4) is 11.3 Å². The minimum Gasteiger partial charge on any atom is -0.381 e. The number of aromatic nitrogens is 1. The van der Waals surface area contributed by atoms with Gasteiger partial charge in [-0.3, -0.25) is 9.59 Å². The van der Waals surface area contributed by atoms with Crippen LogP contribution in [0.1, 0.15) is 41.0 Å². The van der Waals surface area contributed by atoms with Crippen LogP contribution in [0.4, 0.5) is 8.78 Å². The molecule has 2 aromatic carbocycles. The van der Waals surface area contributed by atoms with Crippen molar-refractivity contribution in [3.63, 3.8) is 0 Å². The van der Waals surface area contributed by atoms with Crippen LogP contribution in [0.25, 0.3) is 11.3 Å². The molecule has 0 saturated heterocycles. The molecule has 1 aromatic heterocycles. The average Bonchev–Trinajstić information content (AvgIpc) is 3.25. The fraction of sp³-hybridized carbons (Fsp3) is 0.240. The molecule has 0 unspecified atom stereocenters. The van der Waals surface area contributed by atoms with Crippen molar-refractivity contribution in [3.05, 3.63) is 82.5 Å². The summed E-state index contributed by atoms with van der Waals surface area (Å²) in [5.41, 5.74) is 2.40. The lowest BCUT2D eigenvalue weighted by Crippen LogP contribution is -2.33. The molecule has 0 saturated carbocycles. The molecule has 0 aliphatic carbocycles. The summed E-state index contributed by atoms with van der Waals surface area (Å²) in [6.07, 6.45) is -0.382. The summed E-state index contributed by atoms with van der Waals surface area (Å²) < 4.78 is 29.6. The topological polar surface area (TPSA) is 60.7 Å². The number of ketones is 2. The van der Waals surface area contributed by atoms with Crippen molar-refractivity contribution in [2.75, 3.05) is 0 Å². The molecule has 32 heavy (non-hydrogen) atoms. The van der Waals surface area contributed by atoms with E-state index >= 15 is 0 Å². The van der Waals surface area contributed by atoms with Crippen LogP contribution in [0.3, 0.4) is 0 Å². The summed E-state index contributed by atoms with van der Waals surface area (Å²) >= 11 is 0. The molecule has 7 heteroatoms. The summed E-state index contributed by atoms with van der Waals surface area (Å²) in [7, 11) is 1.72. The first-order valence-electron chi connectivity index (χ1n) is 10.1. The van der Waals surface area contributed by atoms with E-state index in [9.17, 15) is 18.4 Å². The smallest absolute Gasteiger partial charge is 0.230 e. The van der Waals surface area contributed by atoms with Crippen LogP contribution >= 0.6 is 0 Å². The van der Waals surface area contributed by atoms with Crippen molar-refractivity contribution in [2.24, 2.45) is 12.2 Å². The molecule has 0 spiro atoms. The number of carbonyl (C=O) groups is 2. The number of carbonyl (C=O) groups excluding carboxylic acids is 2. The summed E-state index contributed by atoms with van der Waals surface area (Å²) in [6.45, 7) is 5.24. The van der Waals surface area contributed by atoms with Gasteiger partial charge in [0.25, 0.3) is 0 Å². The van der Waals surface area contributed by atoms with Crippen LogP contribution in [-0.4, -0.2) is 27.4 Å². The largest absolute Gasteiger partial charge is 0.381 e. The summed E-state index contributed by atoms with van der Waals surface area (Å²) in [6, 6.07) is 12.4. The number of halogens is 2. The van der Waals surface area contributed by atoms with Gasteiger partial charge in [-0.1, -0.05) is 23.4 Å². The molecule has 0 amide bonds. The minimum absolute atomic E-state index is 0.207. The molecule has 4 rings (SSSR count). The molecule has 2 heterocycles. The van der Waals surface area contributed by atoms with Crippen molar-refractivity contribution >= 4 is 17.3 Å². The van der Waals surface area contributed by atoms with E-state index in [4.69, 9.17) is 4.84 Å². The molecule has 164 valence electrons. The van der Waals surface area contributed by atoms with E-state index in [2.05, 4.69) is 5.16 Å². The zero-order chi connectivity index (χ0) is 23.2. The predicted molar refractivity (Wildman–Crippen MR) is 117 cm³/mol. The Morgan fingerprint density at radius 3 is 2.41 bits per heavy atom. The Labute approximate surface area is 184 Å². The zero-order valence-electron chi connectivity index (χ0n) is 18.2. The number of nitrogens with zero attached hydrogens (tertiary/aromatic N) is 2. The monoisotopic (exact) mass is 436 g/mol. The Bertz CT molecular complexity index is 1270. The van der Waals surface area contributed by atoms with E-state index in [0.717, 1.165) is 29.0 Å². The molecule has 0 fully saturated rings.